The van der Waals surface area contributed by atoms with Crippen molar-refractivity contribution in [1.29, 1.82) is 0 Å². The average molecular weight is 234 g/mol. The van der Waals surface area contributed by atoms with Gasteiger partial charge in [0, 0.05) is 12.5 Å². The first-order valence-corrected chi connectivity index (χ1v) is 6.35. The van der Waals surface area contributed by atoms with Gasteiger partial charge >= 0.3 is 0 Å². The lowest BCUT2D eigenvalue weighted by Crippen LogP contribution is -2.12. The Morgan fingerprint density at radius 1 is 1.29 bits per heavy atom. The number of aliphatic hydroxyl groups excluding tert-OH is 1. The monoisotopic (exact) mass is 234 g/mol. The van der Waals surface area contributed by atoms with Gasteiger partial charge in [-0.1, -0.05) is 12.1 Å². The molecule has 0 spiro atoms. The predicted molar refractivity (Wildman–Crippen MR) is 64.0 cm³/mol. The van der Waals surface area contributed by atoms with Crippen molar-refractivity contribution < 1.29 is 14.6 Å². The number of benzene rings is 1. The molecule has 0 bridgehead atoms. The molecule has 1 N–H and O–H groups in total. The van der Waals surface area contributed by atoms with Crippen LogP contribution in [-0.2, 0) is 4.74 Å². The molecule has 1 aliphatic carbocycles. The molecule has 0 radical (unpaired) electrons. The van der Waals surface area contributed by atoms with Crippen LogP contribution in [0.15, 0.2) is 24.3 Å². The predicted octanol–water partition coefficient (Wildman–Crippen LogP) is 2.30. The molecule has 3 rings (SSSR count). The van der Waals surface area contributed by atoms with E-state index in [0.29, 0.717) is 12.7 Å². The van der Waals surface area contributed by atoms with E-state index in [1.807, 2.05) is 24.3 Å². The van der Waals surface area contributed by atoms with E-state index >= 15 is 0 Å². The first kappa shape index (κ1) is 11.1. The summed E-state index contributed by atoms with van der Waals surface area (Å²) in [7, 11) is 0. The summed E-state index contributed by atoms with van der Waals surface area (Å²) in [6.45, 7) is 1.43. The molecule has 92 valence electrons. The summed E-state index contributed by atoms with van der Waals surface area (Å²) in [5.41, 5.74) is 0.943. The third-order valence-electron chi connectivity index (χ3n) is 3.44. The van der Waals surface area contributed by atoms with Crippen molar-refractivity contribution in [2.24, 2.45) is 5.92 Å². The van der Waals surface area contributed by atoms with E-state index in [0.717, 1.165) is 37.2 Å². The van der Waals surface area contributed by atoms with Crippen molar-refractivity contribution in [3.05, 3.63) is 29.8 Å². The summed E-state index contributed by atoms with van der Waals surface area (Å²) in [5.74, 6) is 1.11. The van der Waals surface area contributed by atoms with Crippen LogP contribution in [-0.4, -0.2) is 24.4 Å². The Morgan fingerprint density at radius 2 is 2.18 bits per heavy atom. The number of hydrogen-bond acceptors (Lipinski definition) is 3. The lowest BCUT2D eigenvalue weighted by molar-refractivity contribution is 0.0915. The topological polar surface area (TPSA) is 38.7 Å². The van der Waals surface area contributed by atoms with Crippen LogP contribution in [0.3, 0.4) is 0 Å². The van der Waals surface area contributed by atoms with Gasteiger partial charge in [-0.05, 0) is 37.0 Å². The van der Waals surface area contributed by atoms with Crippen LogP contribution in [0, 0.1) is 5.92 Å². The Morgan fingerprint density at radius 3 is 2.88 bits per heavy atom. The summed E-state index contributed by atoms with van der Waals surface area (Å²) >= 11 is 0. The van der Waals surface area contributed by atoms with Crippen molar-refractivity contribution in [1.82, 2.24) is 0 Å². The molecule has 2 fully saturated rings. The van der Waals surface area contributed by atoms with Crippen molar-refractivity contribution in [3.63, 3.8) is 0 Å². The zero-order valence-electron chi connectivity index (χ0n) is 9.84. The molecular formula is C14H18O3. The Balaban J connectivity index is 1.71. The van der Waals surface area contributed by atoms with Crippen molar-refractivity contribution in [3.8, 4) is 5.75 Å². The Kier molecular flexibility index (Phi) is 3.04. The highest BCUT2D eigenvalue weighted by atomic mass is 16.5. The maximum atomic E-state index is 10.3. The molecule has 2 aliphatic rings. The molecule has 1 aliphatic heterocycles. The molecule has 3 nitrogen and oxygen atoms in total. The third kappa shape index (κ3) is 2.61. The molecular weight excluding hydrogens is 216 g/mol. The van der Waals surface area contributed by atoms with E-state index in [4.69, 9.17) is 9.47 Å². The van der Waals surface area contributed by atoms with Gasteiger partial charge in [0.2, 0.25) is 0 Å². The van der Waals surface area contributed by atoms with Gasteiger partial charge in [-0.3, -0.25) is 0 Å². The maximum absolute atomic E-state index is 10.3. The van der Waals surface area contributed by atoms with Crippen LogP contribution < -0.4 is 4.74 Å². The summed E-state index contributed by atoms with van der Waals surface area (Å²) < 4.78 is 11.0. The molecule has 0 aromatic heterocycles. The Bertz CT molecular complexity index is 381. The standard InChI is InChI=1S/C14H18O3/c15-14(11-6-7-16-9-11)10-2-1-3-13(8-10)17-12-4-5-12/h1-3,8,11-12,14-15H,4-7,9H2. The van der Waals surface area contributed by atoms with Crippen LogP contribution >= 0.6 is 0 Å². The minimum Gasteiger partial charge on any atom is -0.490 e. The second kappa shape index (κ2) is 4.67. The molecule has 3 heteroatoms. The maximum Gasteiger partial charge on any atom is 0.120 e. The van der Waals surface area contributed by atoms with Crippen LogP contribution in [0.4, 0.5) is 0 Å². The van der Waals surface area contributed by atoms with E-state index in [1.165, 1.54) is 0 Å². The van der Waals surface area contributed by atoms with Gasteiger partial charge in [0.15, 0.2) is 0 Å². The van der Waals surface area contributed by atoms with E-state index in [2.05, 4.69) is 0 Å². The number of aliphatic hydroxyl groups is 1. The zero-order valence-corrected chi connectivity index (χ0v) is 9.84. The van der Waals surface area contributed by atoms with Gasteiger partial charge in [0.25, 0.3) is 0 Å². The highest BCUT2D eigenvalue weighted by Crippen LogP contribution is 2.32. The van der Waals surface area contributed by atoms with E-state index < -0.39 is 6.10 Å². The largest absolute Gasteiger partial charge is 0.490 e. The van der Waals surface area contributed by atoms with Crippen LogP contribution in [0.5, 0.6) is 5.75 Å². The molecule has 17 heavy (non-hydrogen) atoms. The summed E-state index contributed by atoms with van der Waals surface area (Å²) in [4.78, 5) is 0. The second-order valence-corrected chi connectivity index (χ2v) is 4.96. The molecule has 2 atom stereocenters. The second-order valence-electron chi connectivity index (χ2n) is 4.96. The minimum atomic E-state index is -0.430. The van der Waals surface area contributed by atoms with Gasteiger partial charge in [-0.25, -0.2) is 0 Å². The third-order valence-corrected chi connectivity index (χ3v) is 3.44. The number of hydrogen-bond donors (Lipinski definition) is 1. The lowest BCUT2D eigenvalue weighted by Gasteiger charge is -2.17. The minimum absolute atomic E-state index is 0.228. The fraction of sp³-hybridized carbons (Fsp3) is 0.571. The van der Waals surface area contributed by atoms with Crippen molar-refractivity contribution >= 4 is 0 Å². The molecule has 1 heterocycles. The highest BCUT2D eigenvalue weighted by Gasteiger charge is 2.26. The first-order valence-electron chi connectivity index (χ1n) is 6.35. The molecule has 0 amide bonds. The number of rotatable bonds is 4. The fourth-order valence-electron chi connectivity index (χ4n) is 2.22. The van der Waals surface area contributed by atoms with E-state index in [1.54, 1.807) is 0 Å². The normalized spacial score (nSPS) is 25.8. The quantitative estimate of drug-likeness (QED) is 0.868. The van der Waals surface area contributed by atoms with Crippen LogP contribution in [0.1, 0.15) is 30.9 Å². The number of ether oxygens (including phenoxy) is 2. The van der Waals surface area contributed by atoms with Crippen molar-refractivity contribution in [2.75, 3.05) is 13.2 Å². The molecule has 1 aromatic rings. The van der Waals surface area contributed by atoms with E-state index in [-0.39, 0.29) is 5.92 Å². The average Bonchev–Trinajstić information content (AvgIpc) is 2.99. The van der Waals surface area contributed by atoms with Crippen LogP contribution in [0.2, 0.25) is 0 Å². The van der Waals surface area contributed by atoms with Crippen LogP contribution in [0.25, 0.3) is 0 Å². The van der Waals surface area contributed by atoms with Crippen molar-refractivity contribution in [2.45, 2.75) is 31.5 Å². The SMILES string of the molecule is OC(c1cccc(OC2CC2)c1)C1CCOC1. The van der Waals surface area contributed by atoms with Gasteiger partial charge in [-0.2, -0.15) is 0 Å². The van der Waals surface area contributed by atoms with Gasteiger partial charge < -0.3 is 14.6 Å². The Labute approximate surface area is 101 Å². The smallest absolute Gasteiger partial charge is 0.120 e. The lowest BCUT2D eigenvalue weighted by atomic mass is 9.95. The highest BCUT2D eigenvalue weighted by molar-refractivity contribution is 5.30. The summed E-state index contributed by atoms with van der Waals surface area (Å²) in [5, 5.41) is 10.3. The fourth-order valence-corrected chi connectivity index (χ4v) is 2.22. The zero-order chi connectivity index (χ0) is 11.7. The molecule has 2 unspecified atom stereocenters. The van der Waals surface area contributed by atoms with E-state index in [9.17, 15) is 5.11 Å². The Hall–Kier alpha value is -1.06. The summed E-state index contributed by atoms with van der Waals surface area (Å²) in [6, 6.07) is 7.83. The first-order chi connectivity index (χ1) is 8.33. The molecule has 1 saturated carbocycles. The van der Waals surface area contributed by atoms with Gasteiger partial charge in [-0.15, -0.1) is 0 Å². The van der Waals surface area contributed by atoms with Gasteiger partial charge in [0.1, 0.15) is 5.75 Å². The molecule has 1 aromatic carbocycles. The summed E-state index contributed by atoms with van der Waals surface area (Å²) in [6.07, 6.45) is 3.22. The van der Waals surface area contributed by atoms with Gasteiger partial charge in [0.05, 0.1) is 18.8 Å². The molecule has 1 saturated heterocycles.